The van der Waals surface area contributed by atoms with Crippen molar-refractivity contribution in [2.75, 3.05) is 13.1 Å². The van der Waals surface area contributed by atoms with Gasteiger partial charge in [0, 0.05) is 20.0 Å². The summed E-state index contributed by atoms with van der Waals surface area (Å²) in [7, 11) is 0. The number of carbonyl (C=O) groups excluding carboxylic acids is 1. The molecule has 0 unspecified atom stereocenters. The molecule has 0 heterocycles. The Bertz CT molecular complexity index is 240. The van der Waals surface area contributed by atoms with Gasteiger partial charge in [-0.05, 0) is 12.8 Å². The Morgan fingerprint density at radius 2 is 0.909 bits per heavy atom. The van der Waals surface area contributed by atoms with Crippen LogP contribution in [0.2, 0.25) is 0 Å². The highest BCUT2D eigenvalue weighted by atomic mass is 16.2. The second kappa shape index (κ2) is 16.8. The van der Waals surface area contributed by atoms with Crippen molar-refractivity contribution in [3.63, 3.8) is 0 Å². The zero-order valence-electron chi connectivity index (χ0n) is 15.7. The van der Waals surface area contributed by atoms with Crippen molar-refractivity contribution in [3.8, 4) is 0 Å². The minimum Gasteiger partial charge on any atom is -0.343 e. The van der Waals surface area contributed by atoms with Gasteiger partial charge in [0.15, 0.2) is 0 Å². The first-order chi connectivity index (χ1) is 10.7. The van der Waals surface area contributed by atoms with Crippen molar-refractivity contribution in [2.45, 2.75) is 111 Å². The highest BCUT2D eigenvalue weighted by Gasteiger charge is 2.07. The number of hydrogen-bond acceptors (Lipinski definition) is 1. The average molecular weight is 312 g/mol. The molecule has 0 N–H and O–H groups in total. The van der Waals surface area contributed by atoms with Gasteiger partial charge in [-0.15, -0.1) is 0 Å². The SMILES string of the molecule is CCCCCCCCCCN(CCCCCCCC)C(C)=O. The van der Waals surface area contributed by atoms with Crippen molar-refractivity contribution in [2.24, 2.45) is 0 Å². The molecular formula is C20H41NO. The normalized spacial score (nSPS) is 10.9. The summed E-state index contributed by atoms with van der Waals surface area (Å²) in [6.45, 7) is 8.18. The van der Waals surface area contributed by atoms with E-state index < -0.39 is 0 Å². The summed E-state index contributed by atoms with van der Waals surface area (Å²) in [6.07, 6.45) is 18.5. The minimum atomic E-state index is 0.261. The van der Waals surface area contributed by atoms with Crippen molar-refractivity contribution < 1.29 is 4.79 Å². The van der Waals surface area contributed by atoms with Crippen LogP contribution in [0.5, 0.6) is 0 Å². The molecule has 1 amide bonds. The largest absolute Gasteiger partial charge is 0.343 e. The second-order valence-corrected chi connectivity index (χ2v) is 6.75. The van der Waals surface area contributed by atoms with E-state index in [-0.39, 0.29) is 5.91 Å². The standard InChI is InChI=1S/C20H41NO/c1-4-6-8-10-12-13-15-17-19-21(20(3)22)18-16-14-11-9-7-5-2/h4-19H2,1-3H3. The molecule has 0 rings (SSSR count). The second-order valence-electron chi connectivity index (χ2n) is 6.75. The van der Waals surface area contributed by atoms with Gasteiger partial charge in [0.05, 0.1) is 0 Å². The molecule has 2 heteroatoms. The minimum absolute atomic E-state index is 0.261. The predicted molar refractivity (Wildman–Crippen MR) is 98.2 cm³/mol. The molecule has 0 aromatic rings. The zero-order valence-corrected chi connectivity index (χ0v) is 15.7. The number of amides is 1. The van der Waals surface area contributed by atoms with E-state index in [1.807, 2.05) is 0 Å². The van der Waals surface area contributed by atoms with Gasteiger partial charge in [-0.25, -0.2) is 0 Å². The van der Waals surface area contributed by atoms with E-state index in [4.69, 9.17) is 0 Å². The molecule has 0 aromatic carbocycles. The van der Waals surface area contributed by atoms with Gasteiger partial charge in [0.1, 0.15) is 0 Å². The van der Waals surface area contributed by atoms with Gasteiger partial charge in [-0.2, -0.15) is 0 Å². The van der Waals surface area contributed by atoms with Crippen LogP contribution < -0.4 is 0 Å². The van der Waals surface area contributed by atoms with Crippen LogP contribution >= 0.6 is 0 Å². The summed E-state index contributed by atoms with van der Waals surface area (Å²) in [4.78, 5) is 13.7. The lowest BCUT2D eigenvalue weighted by Gasteiger charge is -2.21. The number of unbranched alkanes of at least 4 members (excludes halogenated alkanes) is 12. The maximum atomic E-state index is 11.7. The first-order valence-electron chi connectivity index (χ1n) is 9.97. The van der Waals surface area contributed by atoms with Gasteiger partial charge in [-0.3, -0.25) is 4.79 Å². The fourth-order valence-corrected chi connectivity index (χ4v) is 2.95. The number of nitrogens with zero attached hydrogens (tertiary/aromatic N) is 1. The molecule has 132 valence electrons. The van der Waals surface area contributed by atoms with Gasteiger partial charge in [0.25, 0.3) is 0 Å². The zero-order chi connectivity index (χ0) is 16.5. The maximum Gasteiger partial charge on any atom is 0.219 e. The molecule has 0 aliphatic rings. The quantitative estimate of drug-likeness (QED) is 0.305. The van der Waals surface area contributed by atoms with Crippen LogP contribution in [0, 0.1) is 0 Å². The Labute approximate surface area is 140 Å². The maximum absolute atomic E-state index is 11.7. The summed E-state index contributed by atoms with van der Waals surface area (Å²) in [5.41, 5.74) is 0. The molecule has 0 atom stereocenters. The van der Waals surface area contributed by atoms with Crippen LogP contribution in [0.25, 0.3) is 0 Å². The van der Waals surface area contributed by atoms with Crippen molar-refractivity contribution in [1.82, 2.24) is 4.90 Å². The molecule has 2 nitrogen and oxygen atoms in total. The predicted octanol–water partition coefficient (Wildman–Crippen LogP) is 6.34. The molecule has 0 aliphatic heterocycles. The molecular weight excluding hydrogens is 270 g/mol. The van der Waals surface area contributed by atoms with Crippen LogP contribution in [0.3, 0.4) is 0 Å². The molecule has 0 aromatic heterocycles. The Hall–Kier alpha value is -0.530. The third-order valence-electron chi connectivity index (χ3n) is 4.51. The molecule has 0 aliphatic carbocycles. The van der Waals surface area contributed by atoms with E-state index in [1.165, 1.54) is 89.9 Å². The number of hydrogen-bond donors (Lipinski definition) is 0. The van der Waals surface area contributed by atoms with E-state index >= 15 is 0 Å². The Morgan fingerprint density at radius 3 is 1.23 bits per heavy atom. The molecule has 0 bridgehead atoms. The summed E-state index contributed by atoms with van der Waals surface area (Å²) >= 11 is 0. The Balaban J connectivity index is 3.50. The lowest BCUT2D eigenvalue weighted by Crippen LogP contribution is -2.30. The first kappa shape index (κ1) is 21.5. The fraction of sp³-hybridized carbons (Fsp3) is 0.950. The van der Waals surface area contributed by atoms with Crippen LogP contribution in [0.1, 0.15) is 111 Å². The molecule has 0 saturated heterocycles. The third-order valence-corrected chi connectivity index (χ3v) is 4.51. The summed E-state index contributed by atoms with van der Waals surface area (Å²) in [6, 6.07) is 0. The van der Waals surface area contributed by atoms with E-state index in [0.717, 1.165) is 13.1 Å². The van der Waals surface area contributed by atoms with E-state index in [9.17, 15) is 4.79 Å². The number of rotatable bonds is 16. The van der Waals surface area contributed by atoms with E-state index in [1.54, 1.807) is 6.92 Å². The Morgan fingerprint density at radius 1 is 0.591 bits per heavy atom. The van der Waals surface area contributed by atoms with E-state index in [0.29, 0.717) is 0 Å². The van der Waals surface area contributed by atoms with Gasteiger partial charge >= 0.3 is 0 Å². The third kappa shape index (κ3) is 14.4. The molecule has 0 radical (unpaired) electrons. The Kier molecular flexibility index (Phi) is 16.4. The van der Waals surface area contributed by atoms with Crippen molar-refractivity contribution in [1.29, 1.82) is 0 Å². The van der Waals surface area contributed by atoms with E-state index in [2.05, 4.69) is 18.7 Å². The van der Waals surface area contributed by atoms with Gasteiger partial charge in [-0.1, -0.05) is 90.9 Å². The first-order valence-corrected chi connectivity index (χ1v) is 9.97. The summed E-state index contributed by atoms with van der Waals surface area (Å²) in [5.74, 6) is 0.261. The molecule has 0 fully saturated rings. The van der Waals surface area contributed by atoms with Crippen LogP contribution in [-0.4, -0.2) is 23.9 Å². The lowest BCUT2D eigenvalue weighted by atomic mass is 10.1. The van der Waals surface area contributed by atoms with Gasteiger partial charge < -0.3 is 4.90 Å². The van der Waals surface area contributed by atoms with Crippen LogP contribution in [0.4, 0.5) is 0 Å². The van der Waals surface area contributed by atoms with Crippen molar-refractivity contribution in [3.05, 3.63) is 0 Å². The average Bonchev–Trinajstić information content (AvgIpc) is 2.50. The van der Waals surface area contributed by atoms with Crippen molar-refractivity contribution >= 4 is 5.91 Å². The van der Waals surface area contributed by atoms with Crippen LogP contribution in [0.15, 0.2) is 0 Å². The molecule has 22 heavy (non-hydrogen) atoms. The van der Waals surface area contributed by atoms with Gasteiger partial charge in [0.2, 0.25) is 5.91 Å². The summed E-state index contributed by atoms with van der Waals surface area (Å²) in [5, 5.41) is 0. The smallest absolute Gasteiger partial charge is 0.219 e. The lowest BCUT2D eigenvalue weighted by molar-refractivity contribution is -0.129. The topological polar surface area (TPSA) is 20.3 Å². The molecule has 0 saturated carbocycles. The monoisotopic (exact) mass is 311 g/mol. The highest BCUT2D eigenvalue weighted by Crippen LogP contribution is 2.10. The highest BCUT2D eigenvalue weighted by molar-refractivity contribution is 5.73. The fourth-order valence-electron chi connectivity index (χ4n) is 2.95. The van der Waals surface area contributed by atoms with Crippen LogP contribution in [-0.2, 0) is 4.79 Å². The summed E-state index contributed by atoms with van der Waals surface area (Å²) < 4.78 is 0. The molecule has 0 spiro atoms. The number of carbonyl (C=O) groups is 1.